The van der Waals surface area contributed by atoms with Crippen molar-refractivity contribution in [2.45, 2.75) is 20.8 Å². The fourth-order valence-electron chi connectivity index (χ4n) is 2.61. The lowest BCUT2D eigenvalue weighted by Gasteiger charge is -2.10. The molecule has 0 spiro atoms. The number of pyridine rings is 1. The summed E-state index contributed by atoms with van der Waals surface area (Å²) in [5.74, 6) is 1.21. The highest BCUT2D eigenvalue weighted by Crippen LogP contribution is 2.20. The summed E-state index contributed by atoms with van der Waals surface area (Å²) in [5.41, 5.74) is 4.62. The highest BCUT2D eigenvalue weighted by atomic mass is 16.5. The van der Waals surface area contributed by atoms with Crippen molar-refractivity contribution in [2.75, 3.05) is 17.2 Å². The molecule has 0 atom stereocenters. The number of carbonyl (C=O) groups excluding carboxylic acids is 1. The normalized spacial score (nSPS) is 10.3. The molecule has 1 amide bonds. The van der Waals surface area contributed by atoms with Gasteiger partial charge in [-0.05, 0) is 80.4 Å². The van der Waals surface area contributed by atoms with Gasteiger partial charge in [0.05, 0.1) is 6.61 Å². The summed E-state index contributed by atoms with van der Waals surface area (Å²) in [6, 6.07) is 16.8. The van der Waals surface area contributed by atoms with Gasteiger partial charge in [0.25, 0.3) is 5.91 Å². The van der Waals surface area contributed by atoms with E-state index in [1.807, 2.05) is 37.3 Å². The maximum atomic E-state index is 12.5. The predicted octanol–water partition coefficient (Wildman–Crippen LogP) is 5.09. The van der Waals surface area contributed by atoms with Gasteiger partial charge in [-0.25, -0.2) is 4.98 Å². The summed E-state index contributed by atoms with van der Waals surface area (Å²) in [5, 5.41) is 6.13. The second-order valence-electron chi connectivity index (χ2n) is 6.27. The largest absolute Gasteiger partial charge is 0.494 e. The third-order valence-corrected chi connectivity index (χ3v) is 4.22. The van der Waals surface area contributed by atoms with Gasteiger partial charge in [-0.15, -0.1) is 0 Å². The lowest BCUT2D eigenvalue weighted by Crippen LogP contribution is -2.12. The van der Waals surface area contributed by atoms with E-state index in [0.29, 0.717) is 23.7 Å². The van der Waals surface area contributed by atoms with Gasteiger partial charge in [-0.2, -0.15) is 0 Å². The van der Waals surface area contributed by atoms with Crippen LogP contribution in [-0.2, 0) is 0 Å². The Labute approximate surface area is 159 Å². The molecule has 3 rings (SSSR count). The second-order valence-corrected chi connectivity index (χ2v) is 6.27. The number of carbonyl (C=O) groups is 1. The number of nitrogens with one attached hydrogen (secondary N) is 2. The molecule has 3 aromatic rings. The molecule has 0 aliphatic heterocycles. The van der Waals surface area contributed by atoms with Gasteiger partial charge in [-0.1, -0.05) is 6.07 Å². The van der Waals surface area contributed by atoms with Crippen molar-refractivity contribution in [3.8, 4) is 5.75 Å². The zero-order valence-electron chi connectivity index (χ0n) is 15.7. The molecule has 0 bridgehead atoms. The van der Waals surface area contributed by atoms with Crippen molar-refractivity contribution in [3.05, 3.63) is 77.5 Å². The third-order valence-electron chi connectivity index (χ3n) is 4.22. The minimum atomic E-state index is -0.190. The number of amides is 1. The maximum Gasteiger partial charge on any atom is 0.255 e. The van der Waals surface area contributed by atoms with E-state index in [9.17, 15) is 4.79 Å². The number of hydrogen-bond acceptors (Lipinski definition) is 4. The number of ether oxygens (including phenoxy) is 1. The van der Waals surface area contributed by atoms with Crippen molar-refractivity contribution >= 4 is 23.1 Å². The fourth-order valence-corrected chi connectivity index (χ4v) is 2.61. The predicted molar refractivity (Wildman–Crippen MR) is 109 cm³/mol. The minimum absolute atomic E-state index is 0.190. The highest BCUT2D eigenvalue weighted by Gasteiger charge is 2.08. The fraction of sp³-hybridized carbons (Fsp3) is 0.182. The first-order valence-corrected chi connectivity index (χ1v) is 8.89. The number of benzene rings is 2. The molecule has 0 aliphatic carbocycles. The quantitative estimate of drug-likeness (QED) is 0.642. The molecular formula is C22H23N3O2. The van der Waals surface area contributed by atoms with E-state index in [2.05, 4.69) is 41.6 Å². The smallest absolute Gasteiger partial charge is 0.255 e. The van der Waals surface area contributed by atoms with Crippen LogP contribution in [0.3, 0.4) is 0 Å². The number of rotatable bonds is 6. The van der Waals surface area contributed by atoms with Gasteiger partial charge in [0.1, 0.15) is 11.6 Å². The van der Waals surface area contributed by atoms with Crippen LogP contribution < -0.4 is 15.4 Å². The van der Waals surface area contributed by atoms with Crippen LogP contribution in [0.2, 0.25) is 0 Å². The Balaban J connectivity index is 1.70. The monoisotopic (exact) mass is 361 g/mol. The summed E-state index contributed by atoms with van der Waals surface area (Å²) in [4.78, 5) is 16.8. The molecule has 0 saturated heterocycles. The SMILES string of the molecule is CCOc1ccc(NC(=O)c2ccnc(Nc3ccc(C)c(C)c3)c2)cc1. The van der Waals surface area contributed by atoms with E-state index < -0.39 is 0 Å². The maximum absolute atomic E-state index is 12.5. The van der Waals surface area contributed by atoms with Crippen LogP contribution in [0.4, 0.5) is 17.2 Å². The summed E-state index contributed by atoms with van der Waals surface area (Å²) in [7, 11) is 0. The average molecular weight is 361 g/mol. The molecule has 0 radical (unpaired) electrons. The van der Waals surface area contributed by atoms with E-state index in [1.54, 1.807) is 18.3 Å². The molecule has 0 fully saturated rings. The average Bonchev–Trinajstić information content (AvgIpc) is 2.67. The molecule has 27 heavy (non-hydrogen) atoms. The van der Waals surface area contributed by atoms with Crippen molar-refractivity contribution in [3.63, 3.8) is 0 Å². The van der Waals surface area contributed by atoms with Crippen LogP contribution in [-0.4, -0.2) is 17.5 Å². The van der Waals surface area contributed by atoms with E-state index in [-0.39, 0.29) is 5.91 Å². The molecule has 0 aliphatic rings. The summed E-state index contributed by atoms with van der Waals surface area (Å²) < 4.78 is 5.41. The Hall–Kier alpha value is -3.34. The first kappa shape index (κ1) is 18.5. The molecule has 2 aromatic carbocycles. The van der Waals surface area contributed by atoms with Gasteiger partial charge in [0.15, 0.2) is 0 Å². The third kappa shape index (κ3) is 4.85. The van der Waals surface area contributed by atoms with Crippen LogP contribution in [0.15, 0.2) is 60.8 Å². The molecule has 0 unspecified atom stereocenters. The number of hydrogen-bond donors (Lipinski definition) is 2. The van der Waals surface area contributed by atoms with E-state index in [0.717, 1.165) is 11.4 Å². The van der Waals surface area contributed by atoms with E-state index in [1.165, 1.54) is 11.1 Å². The van der Waals surface area contributed by atoms with Crippen LogP contribution >= 0.6 is 0 Å². The van der Waals surface area contributed by atoms with Gasteiger partial charge < -0.3 is 15.4 Å². The van der Waals surface area contributed by atoms with Crippen LogP contribution in [0, 0.1) is 13.8 Å². The van der Waals surface area contributed by atoms with Crippen LogP contribution in [0.5, 0.6) is 5.75 Å². The van der Waals surface area contributed by atoms with E-state index >= 15 is 0 Å². The lowest BCUT2D eigenvalue weighted by molar-refractivity contribution is 0.102. The lowest BCUT2D eigenvalue weighted by atomic mass is 10.1. The first-order valence-electron chi connectivity index (χ1n) is 8.89. The van der Waals surface area contributed by atoms with Crippen LogP contribution in [0.1, 0.15) is 28.4 Å². The van der Waals surface area contributed by atoms with Gasteiger partial charge in [-0.3, -0.25) is 4.79 Å². The summed E-state index contributed by atoms with van der Waals surface area (Å²) in [6.45, 7) is 6.68. The zero-order chi connectivity index (χ0) is 19.2. The topological polar surface area (TPSA) is 63.2 Å². The van der Waals surface area contributed by atoms with Crippen molar-refractivity contribution in [2.24, 2.45) is 0 Å². The second kappa shape index (κ2) is 8.36. The Bertz CT molecular complexity index is 937. The molecule has 0 saturated carbocycles. The number of anilines is 3. The Morgan fingerprint density at radius 3 is 2.41 bits per heavy atom. The van der Waals surface area contributed by atoms with Gasteiger partial charge >= 0.3 is 0 Å². The molecule has 5 nitrogen and oxygen atoms in total. The zero-order valence-corrected chi connectivity index (χ0v) is 15.7. The van der Waals surface area contributed by atoms with Gasteiger partial charge in [0.2, 0.25) is 0 Å². The van der Waals surface area contributed by atoms with Crippen molar-refractivity contribution in [1.29, 1.82) is 0 Å². The summed E-state index contributed by atoms with van der Waals surface area (Å²) in [6.07, 6.45) is 1.62. The number of nitrogens with zero attached hydrogens (tertiary/aromatic N) is 1. The molecule has 138 valence electrons. The first-order chi connectivity index (χ1) is 13.0. The van der Waals surface area contributed by atoms with E-state index in [4.69, 9.17) is 4.74 Å². The van der Waals surface area contributed by atoms with Gasteiger partial charge in [0, 0.05) is 23.1 Å². The Morgan fingerprint density at radius 1 is 0.963 bits per heavy atom. The Kier molecular flexibility index (Phi) is 5.71. The molecular weight excluding hydrogens is 338 g/mol. The summed E-state index contributed by atoms with van der Waals surface area (Å²) >= 11 is 0. The van der Waals surface area contributed by atoms with Crippen molar-refractivity contribution < 1.29 is 9.53 Å². The number of aromatic nitrogens is 1. The van der Waals surface area contributed by atoms with Crippen molar-refractivity contribution in [1.82, 2.24) is 4.98 Å². The molecule has 1 aromatic heterocycles. The standard InChI is InChI=1S/C22H23N3O2/c1-4-27-20-9-7-18(8-10-20)25-22(26)17-11-12-23-21(14-17)24-19-6-5-15(2)16(3)13-19/h5-14H,4H2,1-3H3,(H,23,24)(H,25,26). The molecule has 5 heteroatoms. The molecule has 1 heterocycles. The number of aryl methyl sites for hydroxylation is 2. The Morgan fingerprint density at radius 2 is 1.70 bits per heavy atom. The minimum Gasteiger partial charge on any atom is -0.494 e. The van der Waals surface area contributed by atoms with Crippen LogP contribution in [0.25, 0.3) is 0 Å². The molecule has 2 N–H and O–H groups in total. The highest BCUT2D eigenvalue weighted by molar-refractivity contribution is 6.04.